The zero-order valence-electron chi connectivity index (χ0n) is 8.81. The Hall–Kier alpha value is -0.570. The summed E-state index contributed by atoms with van der Waals surface area (Å²) in [5.41, 5.74) is 0.516. The predicted octanol–water partition coefficient (Wildman–Crippen LogP) is 0.901. The standard InChI is InChI=1S/C10H20N2O/c1-4-10(5-6-10)7-12-8(2)9(13)11-3/h8,12H,4-7H2,1-3H3,(H,11,13). The van der Waals surface area contributed by atoms with Crippen molar-refractivity contribution in [3.05, 3.63) is 0 Å². The summed E-state index contributed by atoms with van der Waals surface area (Å²) in [6.07, 6.45) is 3.86. The summed E-state index contributed by atoms with van der Waals surface area (Å²) in [7, 11) is 1.67. The summed E-state index contributed by atoms with van der Waals surface area (Å²) in [6, 6.07) is -0.0611. The normalized spacial score (nSPS) is 20.8. The van der Waals surface area contributed by atoms with Gasteiger partial charge in [-0.3, -0.25) is 4.79 Å². The minimum atomic E-state index is -0.0611. The molecule has 1 unspecified atom stereocenters. The molecule has 1 atom stereocenters. The number of hydrogen-bond acceptors (Lipinski definition) is 2. The summed E-state index contributed by atoms with van der Waals surface area (Å²) in [4.78, 5) is 11.2. The fraction of sp³-hybridized carbons (Fsp3) is 0.900. The Morgan fingerprint density at radius 3 is 2.54 bits per heavy atom. The molecule has 0 saturated heterocycles. The SMILES string of the molecule is CCC1(CNC(C)C(=O)NC)CC1. The molecular formula is C10H20N2O. The summed E-state index contributed by atoms with van der Waals surface area (Å²) < 4.78 is 0. The lowest BCUT2D eigenvalue weighted by Crippen LogP contribution is -2.42. The average molecular weight is 184 g/mol. The summed E-state index contributed by atoms with van der Waals surface area (Å²) in [5, 5.41) is 5.91. The van der Waals surface area contributed by atoms with Crippen LogP contribution >= 0.6 is 0 Å². The third kappa shape index (κ3) is 2.69. The highest BCUT2D eigenvalue weighted by molar-refractivity contribution is 5.80. The molecule has 0 bridgehead atoms. The van der Waals surface area contributed by atoms with E-state index in [0.29, 0.717) is 5.41 Å². The van der Waals surface area contributed by atoms with Gasteiger partial charge in [-0.05, 0) is 31.6 Å². The minimum Gasteiger partial charge on any atom is -0.358 e. The van der Waals surface area contributed by atoms with Crippen LogP contribution in [0.1, 0.15) is 33.1 Å². The third-order valence-corrected chi connectivity index (χ3v) is 3.13. The number of hydrogen-bond donors (Lipinski definition) is 2. The molecule has 0 aromatic rings. The van der Waals surface area contributed by atoms with E-state index in [1.807, 2.05) is 6.92 Å². The molecule has 3 heteroatoms. The molecule has 1 amide bonds. The van der Waals surface area contributed by atoms with Crippen molar-refractivity contribution in [2.24, 2.45) is 5.41 Å². The van der Waals surface area contributed by atoms with Crippen molar-refractivity contribution in [1.82, 2.24) is 10.6 Å². The molecule has 2 N–H and O–H groups in total. The molecule has 0 spiro atoms. The van der Waals surface area contributed by atoms with Gasteiger partial charge < -0.3 is 10.6 Å². The van der Waals surface area contributed by atoms with Gasteiger partial charge in [-0.1, -0.05) is 6.92 Å². The summed E-state index contributed by atoms with van der Waals surface area (Å²) in [5.74, 6) is 0.0758. The Bertz CT molecular complexity index is 187. The number of carbonyl (C=O) groups is 1. The van der Waals surface area contributed by atoms with E-state index in [0.717, 1.165) is 6.54 Å². The van der Waals surface area contributed by atoms with Gasteiger partial charge in [0.1, 0.15) is 0 Å². The Morgan fingerprint density at radius 1 is 1.54 bits per heavy atom. The Balaban J connectivity index is 2.22. The van der Waals surface area contributed by atoms with Crippen LogP contribution in [-0.4, -0.2) is 25.5 Å². The van der Waals surface area contributed by atoms with Gasteiger partial charge in [0.25, 0.3) is 0 Å². The molecule has 1 saturated carbocycles. The molecule has 1 fully saturated rings. The van der Waals surface area contributed by atoms with Crippen LogP contribution in [0.25, 0.3) is 0 Å². The number of nitrogens with one attached hydrogen (secondary N) is 2. The molecule has 0 aliphatic heterocycles. The zero-order valence-corrected chi connectivity index (χ0v) is 8.81. The monoisotopic (exact) mass is 184 g/mol. The third-order valence-electron chi connectivity index (χ3n) is 3.13. The van der Waals surface area contributed by atoms with E-state index in [2.05, 4.69) is 17.6 Å². The van der Waals surface area contributed by atoms with Gasteiger partial charge in [0, 0.05) is 13.6 Å². The first-order valence-electron chi connectivity index (χ1n) is 5.08. The van der Waals surface area contributed by atoms with E-state index < -0.39 is 0 Å². The fourth-order valence-electron chi connectivity index (χ4n) is 1.51. The maximum atomic E-state index is 11.2. The van der Waals surface area contributed by atoms with Crippen LogP contribution in [0.5, 0.6) is 0 Å². The van der Waals surface area contributed by atoms with Crippen molar-refractivity contribution in [2.75, 3.05) is 13.6 Å². The van der Waals surface area contributed by atoms with Crippen molar-refractivity contribution >= 4 is 5.91 Å². The van der Waals surface area contributed by atoms with Gasteiger partial charge in [0.2, 0.25) is 5.91 Å². The fourth-order valence-corrected chi connectivity index (χ4v) is 1.51. The van der Waals surface area contributed by atoms with Gasteiger partial charge >= 0.3 is 0 Å². The first-order chi connectivity index (χ1) is 6.13. The smallest absolute Gasteiger partial charge is 0.236 e. The second-order valence-corrected chi connectivity index (χ2v) is 4.07. The predicted molar refractivity (Wildman–Crippen MR) is 53.5 cm³/mol. The Morgan fingerprint density at radius 2 is 2.15 bits per heavy atom. The molecular weight excluding hydrogens is 164 g/mol. The van der Waals surface area contributed by atoms with Crippen molar-refractivity contribution in [2.45, 2.75) is 39.2 Å². The lowest BCUT2D eigenvalue weighted by atomic mass is 10.0. The van der Waals surface area contributed by atoms with Crippen molar-refractivity contribution in [1.29, 1.82) is 0 Å². The number of likely N-dealkylation sites (N-methyl/N-ethyl adjacent to an activating group) is 1. The lowest BCUT2D eigenvalue weighted by Gasteiger charge is -2.17. The Kier molecular flexibility index (Phi) is 3.31. The topological polar surface area (TPSA) is 41.1 Å². The van der Waals surface area contributed by atoms with E-state index in [1.165, 1.54) is 19.3 Å². The van der Waals surface area contributed by atoms with Crippen molar-refractivity contribution < 1.29 is 4.79 Å². The van der Waals surface area contributed by atoms with E-state index in [4.69, 9.17) is 0 Å². The van der Waals surface area contributed by atoms with Crippen LogP contribution in [-0.2, 0) is 4.79 Å². The quantitative estimate of drug-likeness (QED) is 0.666. The lowest BCUT2D eigenvalue weighted by molar-refractivity contribution is -0.122. The summed E-state index contributed by atoms with van der Waals surface area (Å²) in [6.45, 7) is 5.11. The molecule has 0 aromatic carbocycles. The maximum absolute atomic E-state index is 11.2. The molecule has 0 aromatic heterocycles. The van der Waals surface area contributed by atoms with Gasteiger partial charge in [-0.2, -0.15) is 0 Å². The first-order valence-corrected chi connectivity index (χ1v) is 5.08. The number of rotatable bonds is 5. The van der Waals surface area contributed by atoms with E-state index in [-0.39, 0.29) is 11.9 Å². The maximum Gasteiger partial charge on any atom is 0.236 e. The zero-order chi connectivity index (χ0) is 9.90. The van der Waals surface area contributed by atoms with Gasteiger partial charge in [0.15, 0.2) is 0 Å². The highest BCUT2D eigenvalue weighted by Crippen LogP contribution is 2.47. The molecule has 3 nitrogen and oxygen atoms in total. The Labute approximate surface area is 80.3 Å². The molecule has 76 valence electrons. The number of carbonyl (C=O) groups excluding carboxylic acids is 1. The second-order valence-electron chi connectivity index (χ2n) is 4.07. The minimum absolute atomic E-state index is 0.0611. The van der Waals surface area contributed by atoms with Crippen LogP contribution in [0.3, 0.4) is 0 Å². The van der Waals surface area contributed by atoms with E-state index >= 15 is 0 Å². The highest BCUT2D eigenvalue weighted by Gasteiger charge is 2.40. The van der Waals surface area contributed by atoms with Crippen molar-refractivity contribution in [3.8, 4) is 0 Å². The first kappa shape index (κ1) is 10.5. The van der Waals surface area contributed by atoms with Crippen LogP contribution in [0.15, 0.2) is 0 Å². The largest absolute Gasteiger partial charge is 0.358 e. The van der Waals surface area contributed by atoms with Crippen LogP contribution in [0.4, 0.5) is 0 Å². The van der Waals surface area contributed by atoms with Crippen LogP contribution < -0.4 is 10.6 Å². The molecule has 13 heavy (non-hydrogen) atoms. The number of amides is 1. The molecule has 1 aliphatic rings. The molecule has 0 heterocycles. The van der Waals surface area contributed by atoms with Crippen LogP contribution in [0, 0.1) is 5.41 Å². The molecule has 1 aliphatic carbocycles. The highest BCUT2D eigenvalue weighted by atomic mass is 16.2. The van der Waals surface area contributed by atoms with Crippen LogP contribution in [0.2, 0.25) is 0 Å². The molecule has 1 rings (SSSR count). The molecule has 0 radical (unpaired) electrons. The van der Waals surface area contributed by atoms with E-state index in [1.54, 1.807) is 7.05 Å². The van der Waals surface area contributed by atoms with Crippen molar-refractivity contribution in [3.63, 3.8) is 0 Å². The second kappa shape index (κ2) is 4.09. The van der Waals surface area contributed by atoms with Gasteiger partial charge in [-0.15, -0.1) is 0 Å². The summed E-state index contributed by atoms with van der Waals surface area (Å²) >= 11 is 0. The van der Waals surface area contributed by atoms with Gasteiger partial charge in [0.05, 0.1) is 6.04 Å². The van der Waals surface area contributed by atoms with E-state index in [9.17, 15) is 4.79 Å². The average Bonchev–Trinajstić information content (AvgIpc) is 2.93. The van der Waals surface area contributed by atoms with Gasteiger partial charge in [-0.25, -0.2) is 0 Å².